The highest BCUT2D eigenvalue weighted by atomic mass is 16.5. The summed E-state index contributed by atoms with van der Waals surface area (Å²) in [5, 5.41) is 3.76. The lowest BCUT2D eigenvalue weighted by atomic mass is 9.66. The molecule has 92 valence electrons. The molecule has 1 saturated heterocycles. The highest BCUT2D eigenvalue weighted by molar-refractivity contribution is 4.99. The van der Waals surface area contributed by atoms with Crippen LogP contribution in [-0.2, 0) is 4.74 Å². The van der Waals surface area contributed by atoms with Gasteiger partial charge in [0.05, 0.1) is 6.61 Å². The molecule has 0 aromatic heterocycles. The number of hydrogen-bond acceptors (Lipinski definition) is 2. The predicted octanol–water partition coefficient (Wildman–Crippen LogP) is 3.07. The van der Waals surface area contributed by atoms with Crippen molar-refractivity contribution in [1.82, 2.24) is 5.32 Å². The molecule has 1 heterocycles. The molecule has 0 amide bonds. The average molecular weight is 223 g/mol. The summed E-state index contributed by atoms with van der Waals surface area (Å²) in [6, 6.07) is 0. The zero-order chi connectivity index (χ0) is 11.3. The Bertz CT molecular complexity index is 270. The Morgan fingerprint density at radius 2 is 1.75 bits per heavy atom. The van der Waals surface area contributed by atoms with Crippen molar-refractivity contribution < 1.29 is 4.74 Å². The molecule has 0 aromatic carbocycles. The quantitative estimate of drug-likeness (QED) is 0.681. The van der Waals surface area contributed by atoms with Crippen molar-refractivity contribution in [2.75, 3.05) is 13.2 Å². The van der Waals surface area contributed by atoms with Crippen molar-refractivity contribution in [2.45, 2.75) is 64.5 Å². The first-order chi connectivity index (χ1) is 7.54. The van der Waals surface area contributed by atoms with Gasteiger partial charge in [-0.05, 0) is 43.9 Å². The van der Waals surface area contributed by atoms with Crippen LogP contribution in [0.25, 0.3) is 0 Å². The summed E-state index contributed by atoms with van der Waals surface area (Å²) in [6.07, 6.45) is 9.23. The van der Waals surface area contributed by atoms with E-state index in [2.05, 4.69) is 19.2 Å². The van der Waals surface area contributed by atoms with Crippen LogP contribution in [0, 0.1) is 10.8 Å². The summed E-state index contributed by atoms with van der Waals surface area (Å²) < 4.78 is 6.29. The van der Waals surface area contributed by atoms with Gasteiger partial charge in [-0.2, -0.15) is 0 Å². The van der Waals surface area contributed by atoms with Crippen LogP contribution in [0.4, 0.5) is 0 Å². The molecule has 1 unspecified atom stereocenters. The second-order valence-electron chi connectivity index (χ2n) is 7.18. The van der Waals surface area contributed by atoms with Crippen molar-refractivity contribution in [2.24, 2.45) is 10.8 Å². The Morgan fingerprint density at radius 1 is 1.00 bits per heavy atom. The van der Waals surface area contributed by atoms with Crippen molar-refractivity contribution in [3.05, 3.63) is 0 Å². The molecule has 1 atom stereocenters. The first-order valence-electron chi connectivity index (χ1n) is 6.92. The zero-order valence-corrected chi connectivity index (χ0v) is 10.8. The maximum Gasteiger partial charge on any atom is 0.119 e. The molecule has 3 aliphatic rings. The average Bonchev–Trinajstić information content (AvgIpc) is 2.15. The van der Waals surface area contributed by atoms with Crippen LogP contribution >= 0.6 is 0 Å². The van der Waals surface area contributed by atoms with Gasteiger partial charge >= 0.3 is 0 Å². The van der Waals surface area contributed by atoms with E-state index in [0.29, 0.717) is 10.8 Å². The van der Waals surface area contributed by atoms with Crippen LogP contribution in [0.2, 0.25) is 0 Å². The van der Waals surface area contributed by atoms with E-state index in [1.165, 1.54) is 51.5 Å². The largest absolute Gasteiger partial charge is 0.360 e. The molecule has 1 N–H and O–H groups in total. The van der Waals surface area contributed by atoms with Crippen LogP contribution in [0.3, 0.4) is 0 Å². The van der Waals surface area contributed by atoms with Crippen molar-refractivity contribution >= 4 is 0 Å². The Balaban J connectivity index is 1.67. The molecule has 2 nitrogen and oxygen atoms in total. The van der Waals surface area contributed by atoms with E-state index in [0.717, 1.165) is 6.61 Å². The van der Waals surface area contributed by atoms with Gasteiger partial charge in [-0.15, -0.1) is 0 Å². The minimum Gasteiger partial charge on any atom is -0.360 e. The molecule has 3 fully saturated rings. The molecular formula is C14H25NO. The highest BCUT2D eigenvalue weighted by Gasteiger charge is 2.49. The highest BCUT2D eigenvalue weighted by Crippen LogP contribution is 2.48. The maximum atomic E-state index is 6.29. The van der Waals surface area contributed by atoms with Crippen molar-refractivity contribution in [3.63, 3.8) is 0 Å². The minimum absolute atomic E-state index is 0.0303. The second-order valence-corrected chi connectivity index (χ2v) is 7.18. The molecule has 2 saturated carbocycles. The van der Waals surface area contributed by atoms with Gasteiger partial charge in [0.1, 0.15) is 5.72 Å². The topological polar surface area (TPSA) is 21.3 Å². The van der Waals surface area contributed by atoms with Crippen LogP contribution in [-0.4, -0.2) is 18.9 Å². The molecule has 2 aliphatic carbocycles. The summed E-state index contributed by atoms with van der Waals surface area (Å²) >= 11 is 0. The summed E-state index contributed by atoms with van der Waals surface area (Å²) in [5.74, 6) is 0. The van der Waals surface area contributed by atoms with Crippen LogP contribution in [0.15, 0.2) is 0 Å². The third-order valence-electron chi connectivity index (χ3n) is 5.05. The molecule has 2 heteroatoms. The predicted molar refractivity (Wildman–Crippen MR) is 65.2 cm³/mol. The second kappa shape index (κ2) is 3.46. The minimum atomic E-state index is 0.0303. The van der Waals surface area contributed by atoms with Gasteiger partial charge in [-0.25, -0.2) is 0 Å². The van der Waals surface area contributed by atoms with E-state index in [1.54, 1.807) is 0 Å². The molecule has 16 heavy (non-hydrogen) atoms. The molecule has 0 aromatic rings. The van der Waals surface area contributed by atoms with Crippen LogP contribution in [0.1, 0.15) is 58.8 Å². The van der Waals surface area contributed by atoms with E-state index in [1.807, 2.05) is 0 Å². The molecule has 0 radical (unpaired) electrons. The fourth-order valence-electron chi connectivity index (χ4n) is 3.82. The standard InChI is InChI=1S/C14H25NO/c1-12(2)5-3-8-14(9-12)15-10-13(11-16-14)6-4-7-13/h15H,3-11H2,1-2H3. The molecule has 1 aliphatic heterocycles. The van der Waals surface area contributed by atoms with E-state index >= 15 is 0 Å². The van der Waals surface area contributed by atoms with Gasteiger partial charge in [0.2, 0.25) is 0 Å². The molecule has 0 bridgehead atoms. The fraction of sp³-hybridized carbons (Fsp3) is 1.00. The Hall–Kier alpha value is -0.0800. The smallest absolute Gasteiger partial charge is 0.119 e. The molecule has 3 rings (SSSR count). The number of rotatable bonds is 0. The monoisotopic (exact) mass is 223 g/mol. The summed E-state index contributed by atoms with van der Waals surface area (Å²) in [5.41, 5.74) is 1.00. The Labute approximate surface area is 99.1 Å². The zero-order valence-electron chi connectivity index (χ0n) is 10.8. The lowest BCUT2D eigenvalue weighted by Crippen LogP contribution is -2.63. The van der Waals surface area contributed by atoms with Gasteiger partial charge < -0.3 is 4.74 Å². The normalized spacial score (nSPS) is 40.9. The lowest BCUT2D eigenvalue weighted by Gasteiger charge is -2.55. The van der Waals surface area contributed by atoms with Crippen molar-refractivity contribution in [3.8, 4) is 0 Å². The van der Waals surface area contributed by atoms with Crippen molar-refractivity contribution in [1.29, 1.82) is 0 Å². The van der Waals surface area contributed by atoms with Gasteiger partial charge in [0, 0.05) is 12.0 Å². The van der Waals surface area contributed by atoms with Gasteiger partial charge in [0.25, 0.3) is 0 Å². The fourth-order valence-corrected chi connectivity index (χ4v) is 3.82. The summed E-state index contributed by atoms with van der Waals surface area (Å²) in [4.78, 5) is 0. The lowest BCUT2D eigenvalue weighted by molar-refractivity contribution is -0.193. The number of hydrogen-bond donors (Lipinski definition) is 1. The third kappa shape index (κ3) is 1.80. The number of nitrogens with one attached hydrogen (secondary N) is 1. The summed E-state index contributed by atoms with van der Waals surface area (Å²) in [7, 11) is 0. The summed E-state index contributed by atoms with van der Waals surface area (Å²) in [6.45, 7) is 6.97. The SMILES string of the molecule is CC1(C)CCCC2(C1)NCC1(CCC1)CO2. The molecular weight excluding hydrogens is 198 g/mol. The molecule has 2 spiro atoms. The van der Waals surface area contributed by atoms with Gasteiger partial charge in [-0.1, -0.05) is 20.3 Å². The van der Waals surface area contributed by atoms with E-state index < -0.39 is 0 Å². The van der Waals surface area contributed by atoms with Gasteiger partial charge in [0.15, 0.2) is 0 Å². The Morgan fingerprint density at radius 3 is 2.25 bits per heavy atom. The van der Waals surface area contributed by atoms with E-state index in [9.17, 15) is 0 Å². The van der Waals surface area contributed by atoms with Crippen LogP contribution < -0.4 is 5.32 Å². The Kier molecular flexibility index (Phi) is 2.38. The first kappa shape index (κ1) is 11.0. The maximum absolute atomic E-state index is 6.29. The van der Waals surface area contributed by atoms with Gasteiger partial charge in [-0.3, -0.25) is 5.32 Å². The number of ether oxygens (including phenoxy) is 1. The third-order valence-corrected chi connectivity index (χ3v) is 5.05. The first-order valence-corrected chi connectivity index (χ1v) is 6.92. The van der Waals surface area contributed by atoms with Crippen LogP contribution in [0.5, 0.6) is 0 Å². The van der Waals surface area contributed by atoms with E-state index in [-0.39, 0.29) is 5.72 Å². The van der Waals surface area contributed by atoms with E-state index in [4.69, 9.17) is 4.74 Å².